The van der Waals surface area contributed by atoms with E-state index in [1.807, 2.05) is 0 Å². The van der Waals surface area contributed by atoms with Crippen molar-refractivity contribution < 1.29 is 31.1 Å². The number of anilines is 1. The van der Waals surface area contributed by atoms with Crippen LogP contribution < -0.4 is 5.32 Å². The molecule has 0 unspecified atom stereocenters. The molecule has 9 nitrogen and oxygen atoms in total. The van der Waals surface area contributed by atoms with Crippen LogP contribution in [0, 0.1) is 0 Å². The molecule has 0 spiro atoms. The summed E-state index contributed by atoms with van der Waals surface area (Å²) in [5.41, 5.74) is 1.32. The van der Waals surface area contributed by atoms with Crippen molar-refractivity contribution in [1.82, 2.24) is 14.7 Å². The topological polar surface area (TPSA) is 106 Å². The summed E-state index contributed by atoms with van der Waals surface area (Å²) in [6.07, 6.45) is -0.991. The van der Waals surface area contributed by atoms with Crippen molar-refractivity contribution in [1.29, 1.82) is 0 Å². The van der Waals surface area contributed by atoms with Gasteiger partial charge in [-0.1, -0.05) is 35.9 Å². The van der Waals surface area contributed by atoms with Crippen molar-refractivity contribution >= 4 is 39.6 Å². The van der Waals surface area contributed by atoms with Crippen LogP contribution in [-0.2, 0) is 32.5 Å². The molecule has 0 saturated heterocycles. The molecule has 14 heteroatoms. The maximum absolute atomic E-state index is 13.1. The molecule has 1 amide bonds. The average molecular weight is 558 g/mol. The van der Waals surface area contributed by atoms with Gasteiger partial charge < -0.3 is 10.2 Å². The number of ether oxygens (including phenoxy) is 1. The van der Waals surface area contributed by atoms with Crippen molar-refractivity contribution in [3.8, 4) is 11.1 Å². The molecular weight excluding hydrogens is 535 g/mol. The molecule has 1 N–H and O–H groups in total. The molecule has 0 aliphatic rings. The van der Waals surface area contributed by atoms with E-state index in [4.69, 9.17) is 11.6 Å². The van der Waals surface area contributed by atoms with Gasteiger partial charge >= 0.3 is 6.36 Å². The van der Waals surface area contributed by atoms with Crippen LogP contribution >= 0.6 is 11.6 Å². The van der Waals surface area contributed by atoms with Crippen LogP contribution in [0.1, 0.15) is 5.56 Å². The Morgan fingerprint density at radius 3 is 2.65 bits per heavy atom. The van der Waals surface area contributed by atoms with E-state index in [2.05, 4.69) is 19.6 Å². The van der Waals surface area contributed by atoms with E-state index in [1.165, 1.54) is 40.2 Å². The summed E-state index contributed by atoms with van der Waals surface area (Å²) in [6, 6.07) is 11.0. The van der Waals surface area contributed by atoms with E-state index in [9.17, 15) is 26.4 Å². The third-order valence-corrected chi connectivity index (χ3v) is 6.43. The van der Waals surface area contributed by atoms with Crippen molar-refractivity contribution in [2.24, 2.45) is 4.40 Å². The number of hydrogen-bond donors (Lipinski definition) is 1. The quantitative estimate of drug-likeness (QED) is 0.296. The van der Waals surface area contributed by atoms with E-state index in [0.29, 0.717) is 16.1 Å². The minimum absolute atomic E-state index is 0.0327. The summed E-state index contributed by atoms with van der Waals surface area (Å²) in [5, 5.41) is 7.06. The molecular formula is C23H23ClF3N5O4S. The number of rotatable bonds is 10. The standard InChI is InChI=1S/C23H23ClF3N5O4S/c1-31(2)15-29-37(34,35)21-12-18(30-22(33)11-16-5-3-4-6-20(16)24)7-8-19(21)17-13-28-32(14-17)9-10-36-23(25,26)27/h3-8,12-15H,9-11H2,1-2H3,(H,30,33). The number of nitrogens with zero attached hydrogens (tertiary/aromatic N) is 4. The van der Waals surface area contributed by atoms with Crippen LogP contribution in [0.2, 0.25) is 5.02 Å². The lowest BCUT2D eigenvalue weighted by Gasteiger charge is -2.12. The minimum Gasteiger partial charge on any atom is -0.368 e. The van der Waals surface area contributed by atoms with Crippen LogP contribution in [0.5, 0.6) is 0 Å². The Balaban J connectivity index is 1.90. The highest BCUT2D eigenvalue weighted by Gasteiger charge is 2.28. The summed E-state index contributed by atoms with van der Waals surface area (Å²) in [5.74, 6) is -0.418. The average Bonchev–Trinajstić information content (AvgIpc) is 3.27. The molecule has 198 valence electrons. The zero-order chi connectivity index (χ0) is 27.2. The zero-order valence-electron chi connectivity index (χ0n) is 19.7. The molecule has 3 aromatic rings. The molecule has 0 bridgehead atoms. The van der Waals surface area contributed by atoms with Gasteiger partial charge in [-0.3, -0.25) is 14.2 Å². The Hall–Kier alpha value is -3.42. The van der Waals surface area contributed by atoms with Crippen molar-refractivity contribution in [3.05, 3.63) is 65.4 Å². The maximum atomic E-state index is 13.1. The molecule has 0 saturated carbocycles. The monoisotopic (exact) mass is 557 g/mol. The lowest BCUT2D eigenvalue weighted by Crippen LogP contribution is -2.17. The molecule has 0 atom stereocenters. The summed E-state index contributed by atoms with van der Waals surface area (Å²) in [4.78, 5) is 13.8. The number of hydrogen-bond acceptors (Lipinski definition) is 5. The van der Waals surface area contributed by atoms with Gasteiger partial charge in [-0.05, 0) is 23.8 Å². The van der Waals surface area contributed by atoms with Crippen LogP contribution in [-0.4, -0.2) is 62.4 Å². The Kier molecular flexibility index (Phi) is 8.94. The second-order valence-electron chi connectivity index (χ2n) is 7.97. The number of aromatic nitrogens is 2. The lowest BCUT2D eigenvalue weighted by molar-refractivity contribution is -0.325. The number of alkyl halides is 3. The van der Waals surface area contributed by atoms with Crippen molar-refractivity contribution in [3.63, 3.8) is 0 Å². The van der Waals surface area contributed by atoms with Gasteiger partial charge in [-0.2, -0.15) is 13.5 Å². The van der Waals surface area contributed by atoms with Crippen LogP contribution in [0.25, 0.3) is 11.1 Å². The first-order chi connectivity index (χ1) is 17.3. The summed E-state index contributed by atoms with van der Waals surface area (Å²) < 4.78 is 71.5. The number of halogens is 4. The summed E-state index contributed by atoms with van der Waals surface area (Å²) >= 11 is 6.11. The fourth-order valence-corrected chi connectivity index (χ4v) is 4.53. The van der Waals surface area contributed by atoms with Crippen molar-refractivity contribution in [2.75, 3.05) is 26.0 Å². The van der Waals surface area contributed by atoms with Gasteiger partial charge in [0.2, 0.25) is 5.91 Å². The number of amides is 1. The Bertz CT molecular complexity index is 1390. The molecule has 0 aliphatic carbocycles. The fourth-order valence-electron chi connectivity index (χ4n) is 3.16. The van der Waals surface area contributed by atoms with E-state index in [0.717, 1.165) is 6.34 Å². The molecule has 0 fully saturated rings. The highest BCUT2D eigenvalue weighted by atomic mass is 35.5. The first-order valence-electron chi connectivity index (χ1n) is 10.7. The second-order valence-corrected chi connectivity index (χ2v) is 9.98. The highest BCUT2D eigenvalue weighted by Crippen LogP contribution is 2.31. The number of carbonyl (C=O) groups excluding carboxylic acids is 1. The first kappa shape index (κ1) is 28.2. The fraction of sp³-hybridized carbons (Fsp3) is 0.261. The molecule has 37 heavy (non-hydrogen) atoms. The third-order valence-electron chi connectivity index (χ3n) is 4.80. The Morgan fingerprint density at radius 2 is 1.97 bits per heavy atom. The normalized spacial score (nSPS) is 12.2. The number of nitrogens with one attached hydrogen (secondary N) is 1. The third kappa shape index (κ3) is 8.30. The Morgan fingerprint density at radius 1 is 1.24 bits per heavy atom. The molecule has 2 aromatic carbocycles. The summed E-state index contributed by atoms with van der Waals surface area (Å²) in [6.45, 7) is -0.879. The first-order valence-corrected chi connectivity index (χ1v) is 12.5. The predicted octanol–water partition coefficient (Wildman–Crippen LogP) is 4.20. The molecule has 1 aromatic heterocycles. The largest absolute Gasteiger partial charge is 0.522 e. The number of benzene rings is 2. The van der Waals surface area contributed by atoms with Gasteiger partial charge in [0.25, 0.3) is 10.0 Å². The smallest absolute Gasteiger partial charge is 0.368 e. The van der Waals surface area contributed by atoms with Gasteiger partial charge in [-0.25, -0.2) is 0 Å². The van der Waals surface area contributed by atoms with Gasteiger partial charge in [0.1, 0.15) is 6.34 Å². The van der Waals surface area contributed by atoms with E-state index < -0.39 is 28.9 Å². The number of carbonyl (C=O) groups is 1. The van der Waals surface area contributed by atoms with Gasteiger partial charge in [0.05, 0.1) is 30.7 Å². The van der Waals surface area contributed by atoms with E-state index in [1.54, 1.807) is 38.4 Å². The van der Waals surface area contributed by atoms with Crippen molar-refractivity contribution in [2.45, 2.75) is 24.2 Å². The van der Waals surface area contributed by atoms with Crippen LogP contribution in [0.4, 0.5) is 18.9 Å². The second kappa shape index (κ2) is 11.8. The van der Waals surface area contributed by atoms with Crippen LogP contribution in [0.15, 0.2) is 64.2 Å². The van der Waals surface area contributed by atoms with Crippen LogP contribution in [0.3, 0.4) is 0 Å². The molecule has 3 rings (SSSR count). The molecule has 1 heterocycles. The minimum atomic E-state index is -4.77. The lowest BCUT2D eigenvalue weighted by atomic mass is 10.1. The molecule has 0 radical (unpaired) electrons. The highest BCUT2D eigenvalue weighted by molar-refractivity contribution is 7.90. The molecule has 0 aliphatic heterocycles. The van der Waals surface area contributed by atoms with E-state index >= 15 is 0 Å². The SMILES string of the molecule is CN(C)C=NS(=O)(=O)c1cc(NC(=O)Cc2ccccc2Cl)ccc1-c1cnn(CCOC(F)(F)F)c1. The number of sulfonamides is 1. The van der Waals surface area contributed by atoms with Gasteiger partial charge in [-0.15, -0.1) is 17.6 Å². The van der Waals surface area contributed by atoms with Gasteiger partial charge in [0.15, 0.2) is 0 Å². The van der Waals surface area contributed by atoms with Gasteiger partial charge in [0, 0.05) is 42.1 Å². The van der Waals surface area contributed by atoms with E-state index in [-0.39, 0.29) is 29.1 Å². The predicted molar refractivity (Wildman–Crippen MR) is 133 cm³/mol. The zero-order valence-corrected chi connectivity index (χ0v) is 21.3. The maximum Gasteiger partial charge on any atom is 0.522 e. The Labute approximate surface area is 216 Å². The summed E-state index contributed by atoms with van der Waals surface area (Å²) in [7, 11) is -1.05.